The van der Waals surface area contributed by atoms with E-state index in [1.807, 2.05) is 0 Å². The Morgan fingerprint density at radius 2 is 2.35 bits per heavy atom. The molecule has 0 spiro atoms. The summed E-state index contributed by atoms with van der Waals surface area (Å²) in [4.78, 5) is 13.8. The summed E-state index contributed by atoms with van der Waals surface area (Å²) in [5.74, 6) is -0.246. The fraction of sp³-hybridized carbons (Fsp3) is 0.417. The number of halogens is 1. The molecule has 1 heterocycles. The number of methoxy groups -OCH3 is 1. The number of ether oxygens (including phenoxy) is 1. The summed E-state index contributed by atoms with van der Waals surface area (Å²) in [6.07, 6.45) is 0.907. The Kier molecular flexibility index (Phi) is 3.54. The van der Waals surface area contributed by atoms with Crippen LogP contribution < -0.4 is 0 Å². The van der Waals surface area contributed by atoms with Crippen LogP contribution in [-0.2, 0) is 4.74 Å². The Balaban J connectivity index is 2.17. The van der Waals surface area contributed by atoms with Gasteiger partial charge >= 0.3 is 0 Å². The number of nitrogens with zero attached hydrogens (tertiary/aromatic N) is 1. The Hall–Kier alpha value is -1.26. The molecule has 0 aliphatic carbocycles. The second-order valence-corrected chi connectivity index (χ2v) is 4.50. The number of rotatable bonds is 2. The molecule has 1 aromatic carbocycles. The van der Waals surface area contributed by atoms with E-state index in [1.54, 1.807) is 18.1 Å². The zero-order valence-corrected chi connectivity index (χ0v) is 10.3. The lowest BCUT2D eigenvalue weighted by Crippen LogP contribution is -2.30. The average molecular weight is 256 g/mol. The van der Waals surface area contributed by atoms with E-state index in [1.165, 1.54) is 12.1 Å². The number of amides is 1. The van der Waals surface area contributed by atoms with Crippen molar-refractivity contribution in [3.8, 4) is 5.75 Å². The van der Waals surface area contributed by atoms with Gasteiger partial charge in [-0.25, -0.2) is 0 Å². The third-order valence-corrected chi connectivity index (χ3v) is 3.19. The molecule has 1 fully saturated rings. The molecule has 5 heteroatoms. The van der Waals surface area contributed by atoms with Crippen molar-refractivity contribution in [1.82, 2.24) is 4.90 Å². The number of hydrogen-bond acceptors (Lipinski definition) is 3. The predicted octanol–water partition coefficient (Wildman–Crippen LogP) is 1.91. The summed E-state index contributed by atoms with van der Waals surface area (Å²) >= 11 is 5.82. The van der Waals surface area contributed by atoms with E-state index in [0.717, 1.165) is 6.42 Å². The smallest absolute Gasteiger partial charge is 0.257 e. The average Bonchev–Trinajstić information content (AvgIpc) is 2.80. The molecular formula is C12H14ClNO3. The zero-order chi connectivity index (χ0) is 12.4. The van der Waals surface area contributed by atoms with Crippen LogP contribution in [0.5, 0.6) is 5.75 Å². The molecule has 1 atom stereocenters. The van der Waals surface area contributed by atoms with E-state index >= 15 is 0 Å². The summed E-state index contributed by atoms with van der Waals surface area (Å²) in [5.41, 5.74) is 0.245. The SMILES string of the molecule is CO[C@H]1CCN(C(=O)c2cc(Cl)ccc2O)C1. The second kappa shape index (κ2) is 4.94. The third-order valence-electron chi connectivity index (χ3n) is 2.95. The quantitative estimate of drug-likeness (QED) is 0.878. The van der Waals surface area contributed by atoms with E-state index in [2.05, 4.69) is 0 Å². The van der Waals surface area contributed by atoms with Gasteiger partial charge in [0.25, 0.3) is 5.91 Å². The van der Waals surface area contributed by atoms with Crippen molar-refractivity contribution in [3.63, 3.8) is 0 Å². The van der Waals surface area contributed by atoms with Gasteiger partial charge in [0.05, 0.1) is 11.7 Å². The van der Waals surface area contributed by atoms with Crippen molar-refractivity contribution < 1.29 is 14.6 Å². The maximum Gasteiger partial charge on any atom is 0.257 e. The lowest BCUT2D eigenvalue weighted by atomic mass is 10.2. The molecule has 1 N–H and O–H groups in total. The van der Waals surface area contributed by atoms with E-state index in [0.29, 0.717) is 18.1 Å². The molecule has 92 valence electrons. The monoisotopic (exact) mass is 255 g/mol. The molecule has 0 aromatic heterocycles. The Morgan fingerprint density at radius 1 is 1.59 bits per heavy atom. The number of aromatic hydroxyl groups is 1. The van der Waals surface area contributed by atoms with Crippen molar-refractivity contribution in [2.75, 3.05) is 20.2 Å². The van der Waals surface area contributed by atoms with Gasteiger partial charge in [0.1, 0.15) is 5.75 Å². The number of carbonyl (C=O) groups excluding carboxylic acids is 1. The lowest BCUT2D eigenvalue weighted by Gasteiger charge is -2.16. The van der Waals surface area contributed by atoms with Crippen LogP contribution in [0, 0.1) is 0 Å². The molecule has 0 unspecified atom stereocenters. The van der Waals surface area contributed by atoms with Crippen LogP contribution in [0.15, 0.2) is 18.2 Å². The third kappa shape index (κ3) is 2.53. The molecule has 1 aliphatic rings. The van der Waals surface area contributed by atoms with Gasteiger partial charge in [0.15, 0.2) is 0 Å². The highest BCUT2D eigenvalue weighted by molar-refractivity contribution is 6.31. The molecule has 0 radical (unpaired) electrons. The molecule has 1 aromatic rings. The number of likely N-dealkylation sites (tertiary alicyclic amines) is 1. The first-order valence-corrected chi connectivity index (χ1v) is 5.80. The maximum absolute atomic E-state index is 12.1. The second-order valence-electron chi connectivity index (χ2n) is 4.06. The lowest BCUT2D eigenvalue weighted by molar-refractivity contribution is 0.0721. The molecule has 0 saturated carbocycles. The van der Waals surface area contributed by atoms with Crippen LogP contribution >= 0.6 is 11.6 Å². The van der Waals surface area contributed by atoms with Gasteiger partial charge in [-0.3, -0.25) is 4.79 Å². The highest BCUT2D eigenvalue weighted by Gasteiger charge is 2.28. The fourth-order valence-electron chi connectivity index (χ4n) is 1.95. The first kappa shape index (κ1) is 12.2. The molecule has 1 aliphatic heterocycles. The maximum atomic E-state index is 12.1. The Morgan fingerprint density at radius 3 is 3.00 bits per heavy atom. The zero-order valence-electron chi connectivity index (χ0n) is 9.52. The van der Waals surface area contributed by atoms with Gasteiger partial charge in [-0.2, -0.15) is 0 Å². The van der Waals surface area contributed by atoms with Crippen molar-refractivity contribution >= 4 is 17.5 Å². The van der Waals surface area contributed by atoms with Gasteiger partial charge in [-0.1, -0.05) is 11.6 Å². The molecular weight excluding hydrogens is 242 g/mol. The van der Waals surface area contributed by atoms with Crippen molar-refractivity contribution in [1.29, 1.82) is 0 Å². The molecule has 1 saturated heterocycles. The molecule has 1 amide bonds. The normalized spacial score (nSPS) is 19.6. The summed E-state index contributed by atoms with van der Waals surface area (Å²) in [6, 6.07) is 4.47. The highest BCUT2D eigenvalue weighted by Crippen LogP contribution is 2.24. The Labute approximate surface area is 105 Å². The van der Waals surface area contributed by atoms with Gasteiger partial charge < -0.3 is 14.7 Å². The van der Waals surface area contributed by atoms with Crippen molar-refractivity contribution in [2.45, 2.75) is 12.5 Å². The predicted molar refractivity (Wildman–Crippen MR) is 64.4 cm³/mol. The van der Waals surface area contributed by atoms with E-state index in [4.69, 9.17) is 16.3 Å². The molecule has 2 rings (SSSR count). The molecule has 0 bridgehead atoms. The molecule has 4 nitrogen and oxygen atoms in total. The number of benzene rings is 1. The summed E-state index contributed by atoms with van der Waals surface area (Å²) in [7, 11) is 1.63. The fourth-order valence-corrected chi connectivity index (χ4v) is 2.13. The van der Waals surface area contributed by atoms with Crippen molar-refractivity contribution in [3.05, 3.63) is 28.8 Å². The topological polar surface area (TPSA) is 49.8 Å². The Bertz CT molecular complexity index is 436. The van der Waals surface area contributed by atoms with Gasteiger partial charge in [0, 0.05) is 25.2 Å². The van der Waals surface area contributed by atoms with Crippen LogP contribution in [0.1, 0.15) is 16.8 Å². The first-order valence-electron chi connectivity index (χ1n) is 5.42. The van der Waals surface area contributed by atoms with Crippen LogP contribution in [0.4, 0.5) is 0 Å². The summed E-state index contributed by atoms with van der Waals surface area (Å²) in [6.45, 7) is 1.20. The highest BCUT2D eigenvalue weighted by atomic mass is 35.5. The van der Waals surface area contributed by atoms with Gasteiger partial charge in [0.2, 0.25) is 0 Å². The van der Waals surface area contributed by atoms with Crippen LogP contribution in [0.2, 0.25) is 5.02 Å². The minimum absolute atomic E-state index is 0.0414. The minimum atomic E-state index is -0.204. The van der Waals surface area contributed by atoms with E-state index < -0.39 is 0 Å². The van der Waals surface area contributed by atoms with Crippen LogP contribution in [0.3, 0.4) is 0 Å². The van der Waals surface area contributed by atoms with Crippen LogP contribution in [0.25, 0.3) is 0 Å². The van der Waals surface area contributed by atoms with Crippen LogP contribution in [-0.4, -0.2) is 42.2 Å². The number of phenols is 1. The largest absolute Gasteiger partial charge is 0.507 e. The summed E-state index contributed by atoms with van der Waals surface area (Å²) < 4.78 is 5.20. The van der Waals surface area contributed by atoms with Crippen molar-refractivity contribution in [2.24, 2.45) is 0 Å². The van der Waals surface area contributed by atoms with Gasteiger partial charge in [-0.15, -0.1) is 0 Å². The standard InChI is InChI=1S/C12H14ClNO3/c1-17-9-4-5-14(7-9)12(16)10-6-8(13)2-3-11(10)15/h2-3,6,9,15H,4-5,7H2,1H3/t9-/m0/s1. The number of carbonyl (C=O) groups is 1. The van der Waals surface area contributed by atoms with E-state index in [-0.39, 0.29) is 23.3 Å². The van der Waals surface area contributed by atoms with E-state index in [9.17, 15) is 9.90 Å². The number of phenolic OH excluding ortho intramolecular Hbond substituents is 1. The first-order chi connectivity index (χ1) is 8.11. The van der Waals surface area contributed by atoms with Gasteiger partial charge in [-0.05, 0) is 24.6 Å². The summed E-state index contributed by atoms with van der Waals surface area (Å²) in [5, 5.41) is 10.1. The minimum Gasteiger partial charge on any atom is -0.507 e. The molecule has 17 heavy (non-hydrogen) atoms. The number of hydrogen-bond donors (Lipinski definition) is 1.